The smallest absolute Gasteiger partial charge is 1.00 e. The molecule has 0 aromatic rings. The monoisotopic (exact) mass is 143 g/mol. The largest absolute Gasteiger partial charge is 2.00 e. The van der Waals surface area contributed by atoms with Crippen LogP contribution in [0.3, 0.4) is 0 Å². The summed E-state index contributed by atoms with van der Waals surface area (Å²) in [4.78, 5) is 0. The molecular weight excluding hydrogens is 140 g/mol. The molecule has 0 aliphatic heterocycles. The molecule has 4 heavy (non-hydrogen) atoms. The summed E-state index contributed by atoms with van der Waals surface area (Å²) in [7, 11) is 0. The van der Waals surface area contributed by atoms with Gasteiger partial charge >= 0.3 is 20.2 Å². The molecule has 0 amide bonds. The van der Waals surface area contributed by atoms with E-state index >= 15 is 0 Å². The second-order valence-corrected chi connectivity index (χ2v) is 0. The van der Waals surface area contributed by atoms with E-state index < -0.39 is 0 Å². The number of hydrogen-bond acceptors (Lipinski definition) is 0. The van der Waals surface area contributed by atoms with Crippen molar-refractivity contribution in [2.45, 2.75) is 0 Å². The molecule has 4 heteroatoms. The molecule has 0 fully saturated rings. The second kappa shape index (κ2) is 26.8. The molecule has 1 radical (unpaired) electrons. The molecule has 0 N–H and O–H groups in total. The summed E-state index contributed by atoms with van der Waals surface area (Å²) in [6.07, 6.45) is 0. The molecule has 0 bridgehead atoms. The van der Waals surface area contributed by atoms with E-state index in [4.69, 9.17) is 0 Å². The van der Waals surface area contributed by atoms with E-state index in [1.807, 2.05) is 0 Å². The number of rotatable bonds is 0. The predicted molar refractivity (Wildman–Crippen MR) is 16.0 cm³/mol. The van der Waals surface area contributed by atoms with Gasteiger partial charge in [0.15, 0.2) is 0 Å². The third kappa shape index (κ3) is 10.1. The fraction of sp³-hybridized carbons (Fsp3) is 0. The van der Waals surface area contributed by atoms with Gasteiger partial charge in [-0.2, -0.15) is 0 Å². The summed E-state index contributed by atoms with van der Waals surface area (Å²) < 4.78 is 0. The second-order valence-electron chi connectivity index (χ2n) is 0. The Morgan fingerprint density at radius 1 is 1.00 bits per heavy atom. The van der Waals surface area contributed by atoms with Gasteiger partial charge < -0.3 is 5.71 Å². The van der Waals surface area contributed by atoms with Gasteiger partial charge in [-0.25, -0.2) is 0 Å². The molecule has 0 spiro atoms. The zero-order valence-electron chi connectivity index (χ0n) is 6.03. The fourth-order valence-corrected chi connectivity index (χ4v) is 0. The van der Waals surface area contributed by atoms with E-state index in [2.05, 4.69) is 0 Å². The summed E-state index contributed by atoms with van der Waals surface area (Å²) in [6, 6.07) is 0. The Kier molecular flexibility index (Phi) is 372. The van der Waals surface area contributed by atoms with E-state index in [9.17, 15) is 0 Å². The minimum Gasteiger partial charge on any atom is -1.00 e. The van der Waals surface area contributed by atoms with Crippen molar-refractivity contribution >= 4 is 20.2 Å². The van der Waals surface area contributed by atoms with Crippen LogP contribution in [0.25, 0.3) is 0 Å². The van der Waals surface area contributed by atoms with Crippen LogP contribution in [0.5, 0.6) is 0 Å². The quantitative estimate of drug-likeness (QED) is 0.409. The first-order valence-electron chi connectivity index (χ1n) is 0. The van der Waals surface area contributed by atoms with E-state index in [1.165, 1.54) is 0 Å². The first-order chi connectivity index (χ1) is 0. The van der Waals surface area contributed by atoms with Crippen molar-refractivity contribution in [1.82, 2.24) is 0 Å². The average molecular weight is 144 g/mol. The molecule has 0 aromatic heterocycles. The average Bonchev–Trinajstić information content (AvgIpc) is 0. The summed E-state index contributed by atoms with van der Waals surface area (Å²) in [6.45, 7) is 0. The number of hydrogen-bond donors (Lipinski definition) is 0. The van der Waals surface area contributed by atoms with Gasteiger partial charge in [0.2, 0.25) is 0 Å². The third-order valence-corrected chi connectivity index (χ3v) is 0. The summed E-state index contributed by atoms with van der Waals surface area (Å²) in [5, 5.41) is 0. The third-order valence-electron chi connectivity index (χ3n) is 0. The molecule has 0 rings (SSSR count). The van der Waals surface area contributed by atoms with E-state index in [0.29, 0.717) is 0 Å². The van der Waals surface area contributed by atoms with Crippen LogP contribution < -0.4 is 0 Å². The molecule has 0 nitrogen and oxygen atoms in total. The Balaban J connectivity index is 0. The van der Waals surface area contributed by atoms with Crippen LogP contribution in [0.4, 0.5) is 0 Å². The molecule has 29 valence electrons. The maximum atomic E-state index is 0. The van der Waals surface area contributed by atoms with Crippen molar-refractivity contribution in [2.75, 3.05) is 0 Å². The van der Waals surface area contributed by atoms with E-state index in [1.54, 1.807) is 0 Å². The first-order valence-corrected chi connectivity index (χ1v) is 0. The molecule has 0 heterocycles. The van der Waals surface area contributed by atoms with Crippen LogP contribution >= 0.6 is 0 Å². The van der Waals surface area contributed by atoms with Gasteiger partial charge in [0.05, 0.1) is 0 Å². The standard InChI is InChI=1S/2Be.Cu.Ni.4H/q2*+2;;;4*-1. The van der Waals surface area contributed by atoms with Gasteiger partial charge in [-0.05, 0) is 0 Å². The van der Waals surface area contributed by atoms with Gasteiger partial charge in [-0.3, -0.25) is 0 Å². The normalized spacial score (nSPS) is 0. The van der Waals surface area contributed by atoms with Gasteiger partial charge in [-0.1, -0.05) is 0 Å². The van der Waals surface area contributed by atoms with Crippen LogP contribution in [0.2, 0.25) is 0 Å². The Morgan fingerprint density at radius 2 is 1.00 bits per heavy atom. The van der Waals surface area contributed by atoms with Crippen LogP contribution in [-0.4, -0.2) is 20.2 Å². The molecule has 0 saturated heterocycles. The van der Waals surface area contributed by atoms with Crippen LogP contribution in [0.1, 0.15) is 5.71 Å². The molecule has 0 atom stereocenters. The van der Waals surface area contributed by atoms with Gasteiger partial charge in [0, 0.05) is 33.6 Å². The van der Waals surface area contributed by atoms with Crippen LogP contribution in [0.15, 0.2) is 0 Å². The minimum atomic E-state index is 0. The Hall–Kier alpha value is 1.35. The Bertz CT molecular complexity index is 14.0. The molecule has 0 saturated carbocycles. The minimum absolute atomic E-state index is 0. The zero-order chi connectivity index (χ0) is 0. The summed E-state index contributed by atoms with van der Waals surface area (Å²) in [5.41, 5.74) is 0. The summed E-state index contributed by atoms with van der Waals surface area (Å²) >= 11 is 0. The Labute approximate surface area is 59.9 Å². The van der Waals surface area contributed by atoms with Crippen LogP contribution in [0, 0.1) is 0 Å². The molecule has 0 unspecified atom stereocenters. The zero-order valence-corrected chi connectivity index (χ0v) is 3.96. The topological polar surface area (TPSA) is 0 Å². The summed E-state index contributed by atoms with van der Waals surface area (Å²) in [5.74, 6) is 0. The van der Waals surface area contributed by atoms with E-state index in [-0.39, 0.29) is 59.5 Å². The first kappa shape index (κ1) is 55.5. The van der Waals surface area contributed by atoms with Gasteiger partial charge in [-0.15, -0.1) is 0 Å². The molecule has 0 aromatic carbocycles. The van der Waals surface area contributed by atoms with Crippen molar-refractivity contribution in [1.29, 1.82) is 0 Å². The predicted octanol–water partition coefficient (Wildman–Crippen LogP) is -0.317. The van der Waals surface area contributed by atoms with Crippen molar-refractivity contribution in [3.8, 4) is 0 Å². The fourth-order valence-electron chi connectivity index (χ4n) is 0. The van der Waals surface area contributed by atoms with Crippen LogP contribution in [-0.2, 0) is 33.6 Å². The van der Waals surface area contributed by atoms with Crippen molar-refractivity contribution in [2.24, 2.45) is 0 Å². The SMILES string of the molecule is [Be+2].[Be+2].[Cu].[H-].[H-].[H-].[H-].[Ni]. The van der Waals surface area contributed by atoms with Gasteiger partial charge in [0.1, 0.15) is 0 Å². The molecule has 0 aliphatic rings. The molecular formula is H4Be2CuNi. The maximum Gasteiger partial charge on any atom is 2.00 e. The van der Waals surface area contributed by atoms with Gasteiger partial charge in [0.25, 0.3) is 0 Å². The van der Waals surface area contributed by atoms with Crippen molar-refractivity contribution in [3.05, 3.63) is 0 Å². The van der Waals surface area contributed by atoms with Crippen molar-refractivity contribution in [3.63, 3.8) is 0 Å². The maximum absolute atomic E-state index is 0. The van der Waals surface area contributed by atoms with Crippen molar-refractivity contribution < 1.29 is 39.3 Å². The van der Waals surface area contributed by atoms with E-state index in [0.717, 1.165) is 0 Å². The Morgan fingerprint density at radius 3 is 1.00 bits per heavy atom. The molecule has 0 aliphatic carbocycles.